The zero-order valence-corrected chi connectivity index (χ0v) is 11.6. The minimum atomic E-state index is 0.526. The van der Waals surface area contributed by atoms with Crippen LogP contribution in [-0.2, 0) is 12.8 Å². The molecule has 0 aliphatic rings. The van der Waals surface area contributed by atoms with Gasteiger partial charge in [0.1, 0.15) is 10.8 Å². The van der Waals surface area contributed by atoms with E-state index in [1.807, 2.05) is 0 Å². The molecule has 1 aromatic rings. The van der Waals surface area contributed by atoms with E-state index in [1.165, 1.54) is 11.4 Å². The molecule has 0 saturated carbocycles. The number of aryl methyl sites for hydroxylation is 1. The Balaban J connectivity index is 2.53. The summed E-state index contributed by atoms with van der Waals surface area (Å²) in [5.74, 6) is 1.62. The Labute approximate surface area is 103 Å². The van der Waals surface area contributed by atoms with Gasteiger partial charge in [-0.1, -0.05) is 27.7 Å². The Morgan fingerprint density at radius 3 is 2.56 bits per heavy atom. The minimum Gasteiger partial charge on any atom is -0.313 e. The number of hydrogen-bond acceptors (Lipinski definition) is 4. The van der Waals surface area contributed by atoms with Gasteiger partial charge in [-0.2, -0.15) is 4.37 Å². The first-order valence-corrected chi connectivity index (χ1v) is 6.99. The maximum atomic E-state index is 4.53. The van der Waals surface area contributed by atoms with E-state index >= 15 is 0 Å². The van der Waals surface area contributed by atoms with Crippen molar-refractivity contribution in [2.24, 2.45) is 5.92 Å². The summed E-state index contributed by atoms with van der Waals surface area (Å²) in [6.45, 7) is 9.90. The third-order valence-electron chi connectivity index (χ3n) is 2.68. The van der Waals surface area contributed by atoms with Crippen molar-refractivity contribution < 1.29 is 0 Å². The van der Waals surface area contributed by atoms with Crippen molar-refractivity contribution in [2.45, 2.75) is 53.0 Å². The lowest BCUT2D eigenvalue weighted by Gasteiger charge is -2.20. The first kappa shape index (κ1) is 13.6. The standard InChI is InChI=1S/C12H23N3S/c1-5-7-13-10(9(3)4)8-12-14-11(6-2)15-16-12/h9-10,13H,5-8H2,1-4H3. The van der Waals surface area contributed by atoms with Gasteiger partial charge in [-0.15, -0.1) is 0 Å². The SMILES string of the molecule is CCCNC(Cc1nc(CC)ns1)C(C)C. The van der Waals surface area contributed by atoms with Crippen LogP contribution in [0.25, 0.3) is 0 Å². The minimum absolute atomic E-state index is 0.526. The van der Waals surface area contributed by atoms with Crippen LogP contribution in [0.4, 0.5) is 0 Å². The van der Waals surface area contributed by atoms with E-state index in [9.17, 15) is 0 Å². The average Bonchev–Trinajstić information content (AvgIpc) is 2.71. The van der Waals surface area contributed by atoms with Crippen LogP contribution in [0, 0.1) is 5.92 Å². The molecule has 3 nitrogen and oxygen atoms in total. The summed E-state index contributed by atoms with van der Waals surface area (Å²) < 4.78 is 4.33. The topological polar surface area (TPSA) is 37.8 Å². The quantitative estimate of drug-likeness (QED) is 0.797. The summed E-state index contributed by atoms with van der Waals surface area (Å²) in [5, 5.41) is 4.75. The van der Waals surface area contributed by atoms with Crippen LogP contribution < -0.4 is 5.32 Å². The molecule has 0 radical (unpaired) electrons. The Hall–Kier alpha value is -0.480. The zero-order valence-electron chi connectivity index (χ0n) is 10.8. The molecule has 1 rings (SSSR count). The van der Waals surface area contributed by atoms with Crippen molar-refractivity contribution in [3.8, 4) is 0 Å². The number of rotatable bonds is 7. The van der Waals surface area contributed by atoms with Crippen molar-refractivity contribution in [1.82, 2.24) is 14.7 Å². The van der Waals surface area contributed by atoms with Crippen molar-refractivity contribution >= 4 is 11.5 Å². The van der Waals surface area contributed by atoms with Gasteiger partial charge in [0.15, 0.2) is 0 Å². The second-order valence-electron chi connectivity index (χ2n) is 4.47. The first-order chi connectivity index (χ1) is 7.67. The second-order valence-corrected chi connectivity index (χ2v) is 5.30. The van der Waals surface area contributed by atoms with E-state index in [0.29, 0.717) is 12.0 Å². The molecule has 92 valence electrons. The number of aromatic nitrogens is 2. The molecule has 1 heterocycles. The van der Waals surface area contributed by atoms with Crippen LogP contribution in [0.3, 0.4) is 0 Å². The average molecular weight is 241 g/mol. The van der Waals surface area contributed by atoms with Gasteiger partial charge in [-0.25, -0.2) is 4.98 Å². The summed E-state index contributed by atoms with van der Waals surface area (Å²) in [4.78, 5) is 4.53. The molecule has 1 atom stereocenters. The third-order valence-corrected chi connectivity index (χ3v) is 3.45. The molecule has 0 aromatic carbocycles. The van der Waals surface area contributed by atoms with E-state index in [1.54, 1.807) is 11.5 Å². The van der Waals surface area contributed by atoms with Crippen LogP contribution >= 0.6 is 11.5 Å². The highest BCUT2D eigenvalue weighted by Gasteiger charge is 2.15. The predicted octanol–water partition coefficient (Wildman–Crippen LogP) is 2.67. The molecular formula is C12H23N3S. The fraction of sp³-hybridized carbons (Fsp3) is 0.833. The fourth-order valence-electron chi connectivity index (χ4n) is 1.58. The Kier molecular flexibility index (Phi) is 5.91. The summed E-state index contributed by atoms with van der Waals surface area (Å²) in [7, 11) is 0. The van der Waals surface area contributed by atoms with Gasteiger partial charge in [0.25, 0.3) is 0 Å². The smallest absolute Gasteiger partial charge is 0.142 e. The Morgan fingerprint density at radius 2 is 2.06 bits per heavy atom. The lowest BCUT2D eigenvalue weighted by molar-refractivity contribution is 0.397. The molecular weight excluding hydrogens is 218 g/mol. The highest BCUT2D eigenvalue weighted by atomic mass is 32.1. The zero-order chi connectivity index (χ0) is 12.0. The van der Waals surface area contributed by atoms with Crippen LogP contribution in [0.1, 0.15) is 44.9 Å². The molecule has 16 heavy (non-hydrogen) atoms. The molecule has 1 aromatic heterocycles. The van der Waals surface area contributed by atoms with Gasteiger partial charge in [0, 0.05) is 18.9 Å². The van der Waals surface area contributed by atoms with Gasteiger partial charge in [0.2, 0.25) is 0 Å². The molecule has 0 fully saturated rings. The van der Waals surface area contributed by atoms with Crippen LogP contribution in [0.15, 0.2) is 0 Å². The number of hydrogen-bond donors (Lipinski definition) is 1. The molecule has 0 amide bonds. The Bertz CT molecular complexity index is 296. The lowest BCUT2D eigenvalue weighted by atomic mass is 10.0. The van der Waals surface area contributed by atoms with Crippen molar-refractivity contribution in [3.05, 3.63) is 10.8 Å². The van der Waals surface area contributed by atoms with E-state index < -0.39 is 0 Å². The second kappa shape index (κ2) is 6.97. The monoisotopic (exact) mass is 241 g/mol. The number of nitrogens with one attached hydrogen (secondary N) is 1. The maximum absolute atomic E-state index is 4.53. The molecule has 4 heteroatoms. The van der Waals surface area contributed by atoms with Gasteiger partial charge in [-0.05, 0) is 30.4 Å². The fourth-order valence-corrected chi connectivity index (χ4v) is 2.36. The molecule has 1 unspecified atom stereocenters. The van der Waals surface area contributed by atoms with Crippen LogP contribution in [-0.4, -0.2) is 21.9 Å². The van der Waals surface area contributed by atoms with Crippen LogP contribution in [0.5, 0.6) is 0 Å². The van der Waals surface area contributed by atoms with Crippen molar-refractivity contribution in [1.29, 1.82) is 0 Å². The number of nitrogens with zero attached hydrogens (tertiary/aromatic N) is 2. The van der Waals surface area contributed by atoms with E-state index in [-0.39, 0.29) is 0 Å². The normalized spacial score (nSPS) is 13.3. The lowest BCUT2D eigenvalue weighted by Crippen LogP contribution is -2.36. The molecule has 1 N–H and O–H groups in total. The highest BCUT2D eigenvalue weighted by Crippen LogP contribution is 2.12. The van der Waals surface area contributed by atoms with Gasteiger partial charge < -0.3 is 5.32 Å². The molecule has 0 bridgehead atoms. The largest absolute Gasteiger partial charge is 0.313 e. The molecule has 0 spiro atoms. The van der Waals surface area contributed by atoms with Gasteiger partial charge in [0.05, 0.1) is 0 Å². The van der Waals surface area contributed by atoms with E-state index in [2.05, 4.69) is 42.4 Å². The van der Waals surface area contributed by atoms with E-state index in [4.69, 9.17) is 0 Å². The van der Waals surface area contributed by atoms with E-state index in [0.717, 1.165) is 25.2 Å². The van der Waals surface area contributed by atoms with Gasteiger partial charge in [-0.3, -0.25) is 0 Å². The first-order valence-electron chi connectivity index (χ1n) is 6.22. The van der Waals surface area contributed by atoms with Crippen LogP contribution in [0.2, 0.25) is 0 Å². The van der Waals surface area contributed by atoms with Crippen molar-refractivity contribution in [2.75, 3.05) is 6.54 Å². The molecule has 0 aliphatic carbocycles. The summed E-state index contributed by atoms with van der Waals surface area (Å²) >= 11 is 1.55. The molecule has 0 saturated heterocycles. The highest BCUT2D eigenvalue weighted by molar-refractivity contribution is 7.05. The molecule has 0 aliphatic heterocycles. The predicted molar refractivity (Wildman–Crippen MR) is 69.9 cm³/mol. The van der Waals surface area contributed by atoms with Crippen molar-refractivity contribution in [3.63, 3.8) is 0 Å². The third kappa shape index (κ3) is 4.18. The Morgan fingerprint density at radius 1 is 1.31 bits per heavy atom. The maximum Gasteiger partial charge on any atom is 0.142 e. The summed E-state index contributed by atoms with van der Waals surface area (Å²) in [5.41, 5.74) is 0. The summed E-state index contributed by atoms with van der Waals surface area (Å²) in [6, 6.07) is 0.526. The summed E-state index contributed by atoms with van der Waals surface area (Å²) in [6.07, 6.45) is 3.13. The van der Waals surface area contributed by atoms with Gasteiger partial charge >= 0.3 is 0 Å².